The van der Waals surface area contributed by atoms with Crippen LogP contribution in [0.2, 0.25) is 0 Å². The minimum absolute atomic E-state index is 0.0448. The van der Waals surface area contributed by atoms with Crippen molar-refractivity contribution in [2.24, 2.45) is 0 Å². The summed E-state index contributed by atoms with van der Waals surface area (Å²) in [6.07, 6.45) is 1.90. The quantitative estimate of drug-likeness (QED) is 0.401. The van der Waals surface area contributed by atoms with Crippen LogP contribution in [0, 0.1) is 13.8 Å². The summed E-state index contributed by atoms with van der Waals surface area (Å²) in [5, 5.41) is 5.05. The molecule has 2 aromatic rings. The largest absolute Gasteiger partial charge is 0.385 e. The number of thiocarbonyl (C=S) groups is 1. The van der Waals surface area contributed by atoms with Gasteiger partial charge in [-0.05, 0) is 55.1 Å². The number of aryl methyl sites for hydroxylation is 2. The summed E-state index contributed by atoms with van der Waals surface area (Å²) in [5.41, 5.74) is 3.90. The molecule has 0 atom stereocenters. The van der Waals surface area contributed by atoms with Gasteiger partial charge in [0, 0.05) is 38.8 Å². The molecule has 0 spiro atoms. The maximum Gasteiger partial charge on any atom is 0.253 e. The van der Waals surface area contributed by atoms with E-state index in [9.17, 15) is 4.79 Å². The van der Waals surface area contributed by atoms with Gasteiger partial charge in [-0.15, -0.1) is 0 Å². The first-order valence-electron chi connectivity index (χ1n) is 10.3. The molecule has 0 saturated carbocycles. The van der Waals surface area contributed by atoms with Crippen molar-refractivity contribution in [3.8, 4) is 0 Å². The van der Waals surface area contributed by atoms with Crippen LogP contribution in [-0.4, -0.2) is 62.4 Å². The Kier molecular flexibility index (Phi) is 9.07. The van der Waals surface area contributed by atoms with Gasteiger partial charge in [0.05, 0.1) is 32.7 Å². The second-order valence-electron chi connectivity index (χ2n) is 7.91. The standard InChI is InChI=1S/C22H34N4O2S/c1-16-8-9-18-14-19(21(27)24-20(18)17(16)2)15-26(12-7-11-25(3)4)22(29)23-10-6-13-28-5/h8-9,14H,6-7,10-13,15H2,1-5H3,(H,23,29)(H,24,27)/p+1. The smallest absolute Gasteiger partial charge is 0.253 e. The fourth-order valence-electron chi connectivity index (χ4n) is 3.29. The monoisotopic (exact) mass is 419 g/mol. The molecule has 0 aliphatic carbocycles. The molecule has 29 heavy (non-hydrogen) atoms. The summed E-state index contributed by atoms with van der Waals surface area (Å²) in [5.74, 6) is 0. The number of nitrogens with zero attached hydrogens (tertiary/aromatic N) is 1. The van der Waals surface area contributed by atoms with Crippen molar-refractivity contribution >= 4 is 28.2 Å². The van der Waals surface area contributed by atoms with Gasteiger partial charge in [-0.2, -0.15) is 0 Å². The van der Waals surface area contributed by atoms with Crippen LogP contribution in [-0.2, 0) is 11.3 Å². The Bertz CT molecular complexity index is 879. The van der Waals surface area contributed by atoms with E-state index in [1.165, 1.54) is 10.5 Å². The van der Waals surface area contributed by atoms with Crippen LogP contribution in [0.15, 0.2) is 23.0 Å². The SMILES string of the molecule is COCCCNC(=S)N(CCC[NH+](C)C)Cc1cc2ccc(C)c(C)c2[nH]c1=O. The van der Waals surface area contributed by atoms with E-state index in [2.05, 4.69) is 48.4 Å². The van der Waals surface area contributed by atoms with Gasteiger partial charge in [-0.3, -0.25) is 4.79 Å². The van der Waals surface area contributed by atoms with E-state index in [0.717, 1.165) is 54.5 Å². The number of hydrogen-bond acceptors (Lipinski definition) is 3. The summed E-state index contributed by atoms with van der Waals surface area (Å²) in [6.45, 7) is 7.92. The molecule has 0 unspecified atom stereocenters. The molecule has 1 aromatic carbocycles. The molecule has 3 N–H and O–H groups in total. The molecule has 160 valence electrons. The van der Waals surface area contributed by atoms with Gasteiger partial charge < -0.3 is 24.8 Å². The summed E-state index contributed by atoms with van der Waals surface area (Å²) in [7, 11) is 5.98. The van der Waals surface area contributed by atoms with Gasteiger partial charge in [-0.25, -0.2) is 0 Å². The summed E-state index contributed by atoms with van der Waals surface area (Å²) < 4.78 is 5.10. The zero-order chi connectivity index (χ0) is 21.4. The molecule has 1 aromatic heterocycles. The molecule has 0 aliphatic heterocycles. The highest BCUT2D eigenvalue weighted by Crippen LogP contribution is 2.19. The average Bonchev–Trinajstić information content (AvgIpc) is 2.68. The minimum atomic E-state index is -0.0448. The Hall–Kier alpha value is -1.96. The number of aromatic nitrogens is 1. The molecule has 0 bridgehead atoms. The normalized spacial score (nSPS) is 11.2. The number of nitrogens with one attached hydrogen (secondary N) is 3. The third kappa shape index (κ3) is 6.80. The summed E-state index contributed by atoms with van der Waals surface area (Å²) in [6, 6.07) is 6.16. The molecule has 2 rings (SSSR count). The molecular formula is C22H35N4O2S+. The van der Waals surface area contributed by atoms with Crippen molar-refractivity contribution in [2.45, 2.75) is 33.2 Å². The minimum Gasteiger partial charge on any atom is -0.385 e. The Morgan fingerprint density at radius 1 is 1.28 bits per heavy atom. The molecular weight excluding hydrogens is 384 g/mol. The topological polar surface area (TPSA) is 61.8 Å². The van der Waals surface area contributed by atoms with E-state index >= 15 is 0 Å². The van der Waals surface area contributed by atoms with Crippen molar-refractivity contribution < 1.29 is 9.64 Å². The third-order valence-corrected chi connectivity index (χ3v) is 5.59. The van der Waals surface area contributed by atoms with Crippen molar-refractivity contribution in [2.75, 3.05) is 47.4 Å². The van der Waals surface area contributed by atoms with Gasteiger partial charge in [0.15, 0.2) is 5.11 Å². The lowest BCUT2D eigenvalue weighted by Gasteiger charge is -2.26. The molecule has 0 aliphatic rings. The molecule has 0 amide bonds. The predicted octanol–water partition coefficient (Wildman–Crippen LogP) is 1.39. The van der Waals surface area contributed by atoms with Gasteiger partial charge >= 0.3 is 0 Å². The number of methoxy groups -OCH3 is 1. The number of fused-ring (bicyclic) bond motifs is 1. The number of H-pyrrole nitrogens is 1. The van der Waals surface area contributed by atoms with Crippen LogP contribution in [0.25, 0.3) is 10.9 Å². The Morgan fingerprint density at radius 3 is 2.72 bits per heavy atom. The second-order valence-corrected chi connectivity index (χ2v) is 8.29. The highest BCUT2D eigenvalue weighted by Gasteiger charge is 2.14. The number of benzene rings is 1. The van der Waals surface area contributed by atoms with Crippen molar-refractivity contribution in [1.82, 2.24) is 15.2 Å². The highest BCUT2D eigenvalue weighted by molar-refractivity contribution is 7.80. The zero-order valence-electron chi connectivity index (χ0n) is 18.4. The first-order chi connectivity index (χ1) is 13.8. The van der Waals surface area contributed by atoms with Crippen LogP contribution in [0.5, 0.6) is 0 Å². The lowest BCUT2D eigenvalue weighted by Crippen LogP contribution is -3.05. The van der Waals surface area contributed by atoms with Crippen molar-refractivity contribution in [3.63, 3.8) is 0 Å². The molecule has 0 saturated heterocycles. The number of quaternary nitrogens is 1. The summed E-state index contributed by atoms with van der Waals surface area (Å²) in [4.78, 5) is 19.3. The molecule has 0 fully saturated rings. The van der Waals surface area contributed by atoms with E-state index < -0.39 is 0 Å². The molecule has 6 nitrogen and oxygen atoms in total. The van der Waals surface area contributed by atoms with Crippen LogP contribution >= 0.6 is 12.2 Å². The molecule has 0 radical (unpaired) electrons. The van der Waals surface area contributed by atoms with Crippen LogP contribution in [0.3, 0.4) is 0 Å². The van der Waals surface area contributed by atoms with E-state index in [-0.39, 0.29) is 5.56 Å². The second kappa shape index (κ2) is 11.3. The third-order valence-electron chi connectivity index (χ3n) is 5.18. The number of hydrogen-bond donors (Lipinski definition) is 3. The van der Waals surface area contributed by atoms with Crippen LogP contribution in [0.4, 0.5) is 0 Å². The predicted molar refractivity (Wildman–Crippen MR) is 124 cm³/mol. The van der Waals surface area contributed by atoms with Gasteiger partial charge in [-0.1, -0.05) is 12.1 Å². The van der Waals surface area contributed by atoms with E-state index in [0.29, 0.717) is 18.3 Å². The Balaban J connectivity index is 2.19. The van der Waals surface area contributed by atoms with E-state index in [1.54, 1.807) is 7.11 Å². The number of pyridine rings is 1. The average molecular weight is 420 g/mol. The van der Waals surface area contributed by atoms with Gasteiger partial charge in [0.1, 0.15) is 0 Å². The van der Waals surface area contributed by atoms with Gasteiger partial charge in [0.2, 0.25) is 0 Å². The van der Waals surface area contributed by atoms with Gasteiger partial charge in [0.25, 0.3) is 5.56 Å². The van der Waals surface area contributed by atoms with Crippen molar-refractivity contribution in [1.29, 1.82) is 0 Å². The number of aromatic amines is 1. The maximum atomic E-state index is 12.8. The lowest BCUT2D eigenvalue weighted by molar-refractivity contribution is -0.858. The first kappa shape index (κ1) is 23.3. The van der Waals surface area contributed by atoms with E-state index in [4.69, 9.17) is 17.0 Å². The molecule has 7 heteroatoms. The molecule has 1 heterocycles. The Morgan fingerprint density at radius 2 is 2.03 bits per heavy atom. The van der Waals surface area contributed by atoms with Crippen molar-refractivity contribution in [3.05, 3.63) is 45.2 Å². The number of rotatable bonds is 10. The zero-order valence-corrected chi connectivity index (χ0v) is 19.2. The van der Waals surface area contributed by atoms with Crippen LogP contribution in [0.1, 0.15) is 29.5 Å². The first-order valence-corrected chi connectivity index (χ1v) is 10.7. The van der Waals surface area contributed by atoms with E-state index in [1.807, 2.05) is 13.0 Å². The lowest BCUT2D eigenvalue weighted by atomic mass is 10.0. The fourth-order valence-corrected chi connectivity index (χ4v) is 3.55. The highest BCUT2D eigenvalue weighted by atomic mass is 32.1. The maximum absolute atomic E-state index is 12.8. The van der Waals surface area contributed by atoms with Crippen LogP contribution < -0.4 is 15.8 Å². The number of ether oxygens (including phenoxy) is 1. The Labute approximate surface area is 179 Å². The fraction of sp³-hybridized carbons (Fsp3) is 0.545. The summed E-state index contributed by atoms with van der Waals surface area (Å²) >= 11 is 5.64.